The molecule has 0 fully saturated rings. The van der Waals surface area contributed by atoms with Crippen LogP contribution in [0.25, 0.3) is 11.5 Å². The van der Waals surface area contributed by atoms with E-state index in [1.54, 1.807) is 24.5 Å². The van der Waals surface area contributed by atoms with Gasteiger partial charge in [-0.15, -0.1) is 5.10 Å². The van der Waals surface area contributed by atoms with Gasteiger partial charge in [0, 0.05) is 12.4 Å². The van der Waals surface area contributed by atoms with E-state index in [1.807, 2.05) is 24.3 Å². The predicted molar refractivity (Wildman–Crippen MR) is 72.3 cm³/mol. The van der Waals surface area contributed by atoms with Gasteiger partial charge in [0.25, 0.3) is 5.89 Å². The van der Waals surface area contributed by atoms with Gasteiger partial charge in [-0.25, -0.2) is 0 Å². The minimum atomic E-state index is 0.284. The molecule has 19 heavy (non-hydrogen) atoms. The summed E-state index contributed by atoms with van der Waals surface area (Å²) in [6.07, 6.45) is 3.34. The molecule has 5 nitrogen and oxygen atoms in total. The molecule has 0 atom stereocenters. The normalized spacial score (nSPS) is 10.4. The third-order valence-electron chi connectivity index (χ3n) is 2.45. The van der Waals surface area contributed by atoms with Crippen LogP contribution in [-0.4, -0.2) is 15.2 Å². The summed E-state index contributed by atoms with van der Waals surface area (Å²) in [7, 11) is 0. The molecular weight excluding hydrogens is 264 g/mol. The van der Waals surface area contributed by atoms with Gasteiger partial charge >= 0.3 is 6.01 Å². The van der Waals surface area contributed by atoms with Crippen LogP contribution in [0.4, 0.5) is 11.7 Å². The number of hydrogen-bond acceptors (Lipinski definition) is 5. The Morgan fingerprint density at radius 1 is 1.05 bits per heavy atom. The fourth-order valence-electron chi connectivity index (χ4n) is 1.56. The molecule has 0 aliphatic rings. The quantitative estimate of drug-likeness (QED) is 0.790. The first kappa shape index (κ1) is 11.7. The number of hydrogen-bond donors (Lipinski definition) is 1. The van der Waals surface area contributed by atoms with Crippen LogP contribution in [0.15, 0.2) is 53.2 Å². The van der Waals surface area contributed by atoms with Gasteiger partial charge < -0.3 is 9.73 Å². The van der Waals surface area contributed by atoms with Crippen LogP contribution in [0.2, 0.25) is 5.02 Å². The number of benzene rings is 1. The van der Waals surface area contributed by atoms with Crippen molar-refractivity contribution in [1.82, 2.24) is 15.2 Å². The molecule has 3 aromatic rings. The van der Waals surface area contributed by atoms with Gasteiger partial charge in [0.2, 0.25) is 0 Å². The van der Waals surface area contributed by atoms with E-state index in [9.17, 15) is 0 Å². The monoisotopic (exact) mass is 272 g/mol. The van der Waals surface area contributed by atoms with Gasteiger partial charge in [0.15, 0.2) is 0 Å². The molecule has 0 amide bonds. The fourth-order valence-corrected chi connectivity index (χ4v) is 1.74. The van der Waals surface area contributed by atoms with E-state index >= 15 is 0 Å². The van der Waals surface area contributed by atoms with Gasteiger partial charge in [0.05, 0.1) is 16.3 Å². The number of pyridine rings is 1. The van der Waals surface area contributed by atoms with E-state index < -0.39 is 0 Å². The lowest BCUT2D eigenvalue weighted by atomic mass is 10.3. The lowest BCUT2D eigenvalue weighted by Crippen LogP contribution is -1.90. The van der Waals surface area contributed by atoms with Crippen LogP contribution in [0.1, 0.15) is 0 Å². The summed E-state index contributed by atoms with van der Waals surface area (Å²) in [5.41, 5.74) is 1.48. The second kappa shape index (κ2) is 5.07. The Hall–Kier alpha value is -2.40. The standard InChI is InChI=1S/C13H9ClN4O/c14-10-5-1-2-6-11(10)16-13-18-17-12(19-13)9-4-3-7-15-8-9/h1-8H,(H,16,18). The topological polar surface area (TPSA) is 63.8 Å². The zero-order valence-corrected chi connectivity index (χ0v) is 10.5. The molecule has 1 aromatic carbocycles. The van der Waals surface area contributed by atoms with E-state index in [4.69, 9.17) is 16.0 Å². The highest BCUT2D eigenvalue weighted by atomic mass is 35.5. The minimum Gasteiger partial charge on any atom is -0.403 e. The summed E-state index contributed by atoms with van der Waals surface area (Å²) in [6.45, 7) is 0. The minimum absolute atomic E-state index is 0.284. The Labute approximate surface area is 114 Å². The molecule has 0 spiro atoms. The highest BCUT2D eigenvalue weighted by Crippen LogP contribution is 2.25. The Kier molecular flexibility index (Phi) is 3.12. The van der Waals surface area contributed by atoms with Crippen molar-refractivity contribution in [2.75, 3.05) is 5.32 Å². The van der Waals surface area contributed by atoms with Crippen molar-refractivity contribution in [3.8, 4) is 11.5 Å². The number of halogens is 1. The molecule has 0 bridgehead atoms. The van der Waals surface area contributed by atoms with E-state index in [0.29, 0.717) is 16.6 Å². The van der Waals surface area contributed by atoms with Crippen LogP contribution in [0.3, 0.4) is 0 Å². The summed E-state index contributed by atoms with van der Waals surface area (Å²) in [5.74, 6) is 0.405. The Bertz CT molecular complexity index is 684. The van der Waals surface area contributed by atoms with Crippen LogP contribution < -0.4 is 5.32 Å². The first-order valence-electron chi connectivity index (χ1n) is 5.58. The van der Waals surface area contributed by atoms with Crippen LogP contribution in [-0.2, 0) is 0 Å². The summed E-state index contributed by atoms with van der Waals surface area (Å²) >= 11 is 6.04. The summed E-state index contributed by atoms with van der Waals surface area (Å²) in [6, 6.07) is 11.3. The van der Waals surface area contributed by atoms with Crippen molar-refractivity contribution in [2.45, 2.75) is 0 Å². The van der Waals surface area contributed by atoms with Crippen molar-refractivity contribution in [1.29, 1.82) is 0 Å². The van der Waals surface area contributed by atoms with E-state index in [0.717, 1.165) is 5.56 Å². The summed E-state index contributed by atoms with van der Waals surface area (Å²) in [5, 5.41) is 11.4. The smallest absolute Gasteiger partial charge is 0.320 e. The molecule has 0 radical (unpaired) electrons. The highest BCUT2D eigenvalue weighted by Gasteiger charge is 2.09. The molecule has 94 valence electrons. The second-order valence-corrected chi connectivity index (χ2v) is 4.17. The molecule has 1 N–H and O–H groups in total. The van der Waals surface area contributed by atoms with E-state index in [-0.39, 0.29) is 6.01 Å². The third kappa shape index (κ3) is 2.56. The number of rotatable bonds is 3. The van der Waals surface area contributed by atoms with E-state index in [2.05, 4.69) is 20.5 Å². The molecule has 2 heterocycles. The van der Waals surface area contributed by atoms with Gasteiger partial charge in [-0.1, -0.05) is 28.8 Å². The maximum Gasteiger partial charge on any atom is 0.320 e. The molecule has 0 saturated heterocycles. The Morgan fingerprint density at radius 2 is 1.95 bits per heavy atom. The van der Waals surface area contributed by atoms with E-state index in [1.165, 1.54) is 0 Å². The van der Waals surface area contributed by atoms with Crippen molar-refractivity contribution >= 4 is 23.3 Å². The largest absolute Gasteiger partial charge is 0.403 e. The maximum atomic E-state index is 6.04. The first-order valence-corrected chi connectivity index (χ1v) is 5.96. The lowest BCUT2D eigenvalue weighted by molar-refractivity contribution is 0.587. The van der Waals surface area contributed by atoms with Crippen LogP contribution in [0, 0.1) is 0 Å². The zero-order chi connectivity index (χ0) is 13.1. The van der Waals surface area contributed by atoms with Gasteiger partial charge in [-0.2, -0.15) is 0 Å². The molecule has 6 heteroatoms. The number of para-hydroxylation sites is 1. The zero-order valence-electron chi connectivity index (χ0n) is 9.75. The Morgan fingerprint density at radius 3 is 2.74 bits per heavy atom. The maximum absolute atomic E-state index is 6.04. The molecule has 0 aliphatic carbocycles. The predicted octanol–water partition coefficient (Wildman–Crippen LogP) is 3.53. The Balaban J connectivity index is 1.85. The molecule has 0 aliphatic heterocycles. The number of nitrogens with one attached hydrogen (secondary N) is 1. The van der Waals surface area contributed by atoms with Crippen LogP contribution >= 0.6 is 11.6 Å². The number of aromatic nitrogens is 3. The lowest BCUT2D eigenvalue weighted by Gasteiger charge is -2.02. The molecule has 2 aromatic heterocycles. The molecule has 0 unspecified atom stereocenters. The van der Waals surface area contributed by atoms with Crippen molar-refractivity contribution in [2.24, 2.45) is 0 Å². The van der Waals surface area contributed by atoms with Gasteiger partial charge in [-0.05, 0) is 24.3 Å². The molecule has 3 rings (SSSR count). The van der Waals surface area contributed by atoms with Gasteiger partial charge in [0.1, 0.15) is 0 Å². The fraction of sp³-hybridized carbons (Fsp3) is 0. The SMILES string of the molecule is Clc1ccccc1Nc1nnc(-c2cccnc2)o1. The highest BCUT2D eigenvalue weighted by molar-refractivity contribution is 6.33. The molecular formula is C13H9ClN4O. The summed E-state index contributed by atoms with van der Waals surface area (Å²) < 4.78 is 5.50. The average Bonchev–Trinajstić information content (AvgIpc) is 2.91. The average molecular weight is 273 g/mol. The second-order valence-electron chi connectivity index (χ2n) is 3.76. The summed E-state index contributed by atoms with van der Waals surface area (Å²) in [4.78, 5) is 4.00. The number of nitrogens with zero attached hydrogens (tertiary/aromatic N) is 3. The van der Waals surface area contributed by atoms with Crippen LogP contribution in [0.5, 0.6) is 0 Å². The first-order chi connectivity index (χ1) is 9.33. The molecule has 0 saturated carbocycles. The van der Waals surface area contributed by atoms with Crippen molar-refractivity contribution < 1.29 is 4.42 Å². The third-order valence-corrected chi connectivity index (χ3v) is 2.78. The number of anilines is 2. The van der Waals surface area contributed by atoms with Gasteiger partial charge in [-0.3, -0.25) is 4.98 Å². The van der Waals surface area contributed by atoms with Crippen molar-refractivity contribution in [3.05, 3.63) is 53.8 Å². The van der Waals surface area contributed by atoms with Crippen molar-refractivity contribution in [3.63, 3.8) is 0 Å².